The summed E-state index contributed by atoms with van der Waals surface area (Å²) in [6, 6.07) is -0.414. The van der Waals surface area contributed by atoms with Crippen LogP contribution in [0.4, 0.5) is 9.59 Å². The van der Waals surface area contributed by atoms with Gasteiger partial charge in [-0.3, -0.25) is 19.3 Å². The third-order valence-corrected chi connectivity index (χ3v) is 3.08. The summed E-state index contributed by atoms with van der Waals surface area (Å²) in [5.74, 6) is -0.0618. The summed E-state index contributed by atoms with van der Waals surface area (Å²) >= 11 is 0.961. The van der Waals surface area contributed by atoms with Crippen LogP contribution in [0.5, 0.6) is 0 Å². The molecule has 0 aromatic heterocycles. The first-order valence-corrected chi connectivity index (χ1v) is 6.47. The molecular formula is C10H15N3O4S. The molecule has 100 valence electrons. The van der Waals surface area contributed by atoms with E-state index in [0.717, 1.165) is 16.7 Å². The maximum Gasteiger partial charge on any atom is 0.314 e. The molecule has 1 saturated heterocycles. The second kappa shape index (κ2) is 7.00. The number of hydrogen-bond donors (Lipinski definition) is 2. The first kappa shape index (κ1) is 14.5. The monoisotopic (exact) mass is 273 g/mol. The van der Waals surface area contributed by atoms with Crippen molar-refractivity contribution >= 4 is 34.7 Å². The molecule has 0 spiro atoms. The second-order valence-corrected chi connectivity index (χ2v) is 4.66. The van der Waals surface area contributed by atoms with E-state index in [0.29, 0.717) is 0 Å². The van der Waals surface area contributed by atoms with Crippen molar-refractivity contribution in [1.29, 1.82) is 0 Å². The fourth-order valence-electron chi connectivity index (χ4n) is 1.29. The lowest BCUT2D eigenvalue weighted by Gasteiger charge is -2.13. The van der Waals surface area contributed by atoms with Gasteiger partial charge in [0.1, 0.15) is 5.78 Å². The highest BCUT2D eigenvalue weighted by atomic mass is 32.2. The molecule has 7 nitrogen and oxygen atoms in total. The van der Waals surface area contributed by atoms with Gasteiger partial charge in [-0.05, 0) is 6.92 Å². The quantitative estimate of drug-likeness (QED) is 0.708. The van der Waals surface area contributed by atoms with Gasteiger partial charge in [-0.15, -0.1) is 0 Å². The van der Waals surface area contributed by atoms with E-state index in [1.165, 1.54) is 6.92 Å². The highest BCUT2D eigenvalue weighted by molar-refractivity contribution is 8.14. The van der Waals surface area contributed by atoms with Gasteiger partial charge in [-0.25, -0.2) is 4.79 Å². The molecule has 2 N–H and O–H groups in total. The van der Waals surface area contributed by atoms with E-state index >= 15 is 0 Å². The molecule has 4 amide bonds. The highest BCUT2D eigenvalue weighted by Gasteiger charge is 2.29. The lowest BCUT2D eigenvalue weighted by Crippen LogP contribution is -2.42. The number of ketones is 1. The molecule has 0 unspecified atom stereocenters. The average Bonchev–Trinajstić information content (AvgIpc) is 2.60. The summed E-state index contributed by atoms with van der Waals surface area (Å²) in [5.41, 5.74) is 0. The van der Waals surface area contributed by atoms with Gasteiger partial charge < -0.3 is 10.6 Å². The maximum absolute atomic E-state index is 11.2. The zero-order chi connectivity index (χ0) is 13.5. The summed E-state index contributed by atoms with van der Waals surface area (Å²) in [7, 11) is 0. The third-order valence-electron chi connectivity index (χ3n) is 2.22. The minimum Gasteiger partial charge on any atom is -0.338 e. The molecule has 0 aliphatic carbocycles. The number of imide groups is 1. The summed E-state index contributed by atoms with van der Waals surface area (Å²) in [6.07, 6.45) is 0.285. The minimum absolute atomic E-state index is 0.000542. The molecule has 1 heterocycles. The van der Waals surface area contributed by atoms with Crippen molar-refractivity contribution in [2.45, 2.75) is 13.3 Å². The highest BCUT2D eigenvalue weighted by Crippen LogP contribution is 2.17. The molecule has 18 heavy (non-hydrogen) atoms. The van der Waals surface area contributed by atoms with Crippen molar-refractivity contribution in [3.8, 4) is 0 Å². The van der Waals surface area contributed by atoms with Gasteiger partial charge in [0.15, 0.2) is 0 Å². The Bertz CT molecular complexity index is 356. The first-order valence-electron chi connectivity index (χ1n) is 5.49. The van der Waals surface area contributed by atoms with Crippen LogP contribution >= 0.6 is 11.8 Å². The van der Waals surface area contributed by atoms with E-state index in [1.54, 1.807) is 0 Å². The average molecular weight is 273 g/mol. The van der Waals surface area contributed by atoms with Crippen molar-refractivity contribution in [2.75, 3.05) is 25.4 Å². The molecule has 0 atom stereocenters. The van der Waals surface area contributed by atoms with Crippen molar-refractivity contribution < 1.29 is 19.2 Å². The molecule has 1 aliphatic heterocycles. The van der Waals surface area contributed by atoms with E-state index in [9.17, 15) is 19.2 Å². The van der Waals surface area contributed by atoms with Crippen LogP contribution in [0.3, 0.4) is 0 Å². The molecule has 0 aromatic carbocycles. The Kier molecular flexibility index (Phi) is 5.63. The number of carbonyl (C=O) groups excluding carboxylic acids is 4. The number of carbonyl (C=O) groups is 4. The smallest absolute Gasteiger partial charge is 0.314 e. The van der Waals surface area contributed by atoms with Gasteiger partial charge in [-0.1, -0.05) is 11.8 Å². The maximum atomic E-state index is 11.2. The molecule has 1 fully saturated rings. The zero-order valence-corrected chi connectivity index (χ0v) is 10.8. The number of nitrogens with zero attached hydrogens (tertiary/aromatic N) is 1. The zero-order valence-electron chi connectivity index (χ0n) is 10.0. The van der Waals surface area contributed by atoms with E-state index in [4.69, 9.17) is 0 Å². The number of hydrogen-bond acceptors (Lipinski definition) is 5. The number of rotatable bonds is 6. The van der Waals surface area contributed by atoms with E-state index in [2.05, 4.69) is 10.6 Å². The van der Waals surface area contributed by atoms with Crippen LogP contribution in [0.1, 0.15) is 13.3 Å². The summed E-state index contributed by atoms with van der Waals surface area (Å²) in [5, 5.41) is 4.73. The lowest BCUT2D eigenvalue weighted by molar-refractivity contribution is -0.124. The predicted molar refractivity (Wildman–Crippen MR) is 66.3 cm³/mol. The van der Waals surface area contributed by atoms with Gasteiger partial charge in [0.25, 0.3) is 5.24 Å². The fraction of sp³-hybridized carbons (Fsp3) is 0.600. The van der Waals surface area contributed by atoms with E-state index in [1.807, 2.05) is 0 Å². The van der Waals surface area contributed by atoms with Crippen molar-refractivity contribution in [1.82, 2.24) is 15.5 Å². The number of Topliss-reactive ketones (excluding diaryl/α,β-unsaturated/α-hetero) is 1. The largest absolute Gasteiger partial charge is 0.338 e. The van der Waals surface area contributed by atoms with Gasteiger partial charge in [0.2, 0.25) is 5.91 Å². The van der Waals surface area contributed by atoms with Crippen LogP contribution < -0.4 is 10.6 Å². The van der Waals surface area contributed by atoms with Crippen molar-refractivity contribution in [3.63, 3.8) is 0 Å². The Morgan fingerprint density at radius 1 is 1.28 bits per heavy atom. The Hall–Kier alpha value is -1.57. The number of amides is 4. The fourth-order valence-corrected chi connectivity index (χ4v) is 2.04. The standard InChI is InChI=1S/C10H15N3O4S/c1-7(14)2-3-11-9(16)12-4-5-13-8(15)6-18-10(13)17/h2-6H2,1H3,(H2,11,12,16). The van der Waals surface area contributed by atoms with E-state index in [-0.39, 0.29) is 48.7 Å². The van der Waals surface area contributed by atoms with Gasteiger partial charge in [0.05, 0.1) is 5.75 Å². The first-order chi connectivity index (χ1) is 8.50. The number of thioether (sulfide) groups is 1. The minimum atomic E-state index is -0.414. The van der Waals surface area contributed by atoms with Crippen LogP contribution in [-0.2, 0) is 9.59 Å². The van der Waals surface area contributed by atoms with Crippen LogP contribution in [0.25, 0.3) is 0 Å². The van der Waals surface area contributed by atoms with Gasteiger partial charge >= 0.3 is 6.03 Å². The molecule has 0 aromatic rings. The lowest BCUT2D eigenvalue weighted by atomic mass is 10.3. The second-order valence-electron chi connectivity index (χ2n) is 3.73. The molecular weight excluding hydrogens is 258 g/mol. The van der Waals surface area contributed by atoms with Crippen molar-refractivity contribution in [2.24, 2.45) is 0 Å². The molecule has 1 rings (SSSR count). The number of nitrogens with one attached hydrogen (secondary N) is 2. The molecule has 0 saturated carbocycles. The van der Waals surface area contributed by atoms with Crippen LogP contribution in [-0.4, -0.2) is 53.2 Å². The Labute approximate surface area is 109 Å². The van der Waals surface area contributed by atoms with Gasteiger partial charge in [-0.2, -0.15) is 0 Å². The molecule has 0 radical (unpaired) electrons. The third kappa shape index (κ3) is 4.74. The SMILES string of the molecule is CC(=O)CCNC(=O)NCCN1C(=O)CSC1=O. The summed E-state index contributed by atoms with van der Waals surface area (Å²) < 4.78 is 0. The molecule has 0 bridgehead atoms. The summed E-state index contributed by atoms with van der Waals surface area (Å²) in [6.45, 7) is 2.09. The van der Waals surface area contributed by atoms with Gasteiger partial charge in [0, 0.05) is 26.1 Å². The Morgan fingerprint density at radius 2 is 1.94 bits per heavy atom. The van der Waals surface area contributed by atoms with E-state index < -0.39 is 6.03 Å². The van der Waals surface area contributed by atoms with Crippen LogP contribution in [0.15, 0.2) is 0 Å². The number of urea groups is 1. The van der Waals surface area contributed by atoms with Crippen LogP contribution in [0.2, 0.25) is 0 Å². The Balaban J connectivity index is 2.13. The van der Waals surface area contributed by atoms with Crippen molar-refractivity contribution in [3.05, 3.63) is 0 Å². The molecule has 1 aliphatic rings. The van der Waals surface area contributed by atoms with Crippen LogP contribution in [0, 0.1) is 0 Å². The topological polar surface area (TPSA) is 95.6 Å². The summed E-state index contributed by atoms with van der Waals surface area (Å²) in [4.78, 5) is 45.4. The Morgan fingerprint density at radius 3 is 2.50 bits per heavy atom. The molecule has 8 heteroatoms. The normalized spacial score (nSPS) is 14.8. The predicted octanol–water partition coefficient (Wildman–Crippen LogP) is -0.0399.